The van der Waals surface area contributed by atoms with Crippen molar-refractivity contribution in [3.05, 3.63) is 79.8 Å². The molecule has 250 valence electrons. The number of benzene rings is 2. The largest absolute Gasteiger partial charge is 0.497 e. The number of amides is 4. The van der Waals surface area contributed by atoms with E-state index in [1.165, 1.54) is 21.9 Å². The van der Waals surface area contributed by atoms with Gasteiger partial charge in [-0.15, -0.1) is 0 Å². The first-order chi connectivity index (χ1) is 22.4. The van der Waals surface area contributed by atoms with Crippen LogP contribution in [0.5, 0.6) is 5.75 Å². The zero-order valence-corrected chi connectivity index (χ0v) is 26.6. The molecule has 0 saturated carbocycles. The molecule has 3 N–H and O–H groups in total. The molecule has 2 aliphatic heterocycles. The van der Waals surface area contributed by atoms with Crippen LogP contribution in [0, 0.1) is 5.82 Å². The number of carbonyl (C=O) groups is 3. The molecule has 0 aliphatic carbocycles. The van der Waals surface area contributed by atoms with Crippen molar-refractivity contribution in [1.29, 1.82) is 0 Å². The van der Waals surface area contributed by atoms with Crippen molar-refractivity contribution in [2.75, 3.05) is 32.1 Å². The van der Waals surface area contributed by atoms with Crippen LogP contribution in [0.25, 0.3) is 11.1 Å². The van der Waals surface area contributed by atoms with Crippen molar-refractivity contribution < 1.29 is 27.9 Å². The highest BCUT2D eigenvalue weighted by atomic mass is 35.5. The minimum absolute atomic E-state index is 0.00896. The fourth-order valence-corrected chi connectivity index (χ4v) is 6.32. The lowest BCUT2D eigenvalue weighted by atomic mass is 10.0. The molecular weight excluding hydrogens is 638 g/mol. The number of alkyl halides is 1. The van der Waals surface area contributed by atoms with E-state index in [2.05, 4.69) is 5.32 Å². The van der Waals surface area contributed by atoms with Gasteiger partial charge in [0.25, 0.3) is 5.56 Å². The second-order valence-corrected chi connectivity index (χ2v) is 12.1. The van der Waals surface area contributed by atoms with Crippen LogP contribution in [0.1, 0.15) is 37.8 Å². The normalized spacial score (nSPS) is 18.6. The Morgan fingerprint density at radius 1 is 1.15 bits per heavy atom. The standard InChI is InChI=1S/C32H35ClF2N6O6/c1-18(6-9-27(36)42)41-30(44)22(21-4-3-5-23(34)29(21)33)15-39(32(41)46)17-28(43)38-12-11-26(24(35)16-38)40-13-10-19-14-20(47-2)7-8-25(19)37-31(40)45/h3-5,7-8,14-15,18,24,26H,6,9-13,16-17H2,1-2H3,(H2,36,42)(H,37,45)/t18-,24?,26?/m0/s1. The summed E-state index contributed by atoms with van der Waals surface area (Å²) in [5.74, 6) is -1.37. The summed E-state index contributed by atoms with van der Waals surface area (Å²) in [5, 5.41) is 2.49. The summed E-state index contributed by atoms with van der Waals surface area (Å²) in [4.78, 5) is 67.8. The third kappa shape index (κ3) is 7.02. The number of hydrogen-bond donors (Lipinski definition) is 2. The van der Waals surface area contributed by atoms with E-state index in [-0.39, 0.29) is 55.0 Å². The zero-order valence-electron chi connectivity index (χ0n) is 25.9. The molecule has 0 spiro atoms. The lowest BCUT2D eigenvalue weighted by Crippen LogP contribution is -2.56. The first-order valence-electron chi connectivity index (χ1n) is 15.1. The number of rotatable bonds is 9. The highest BCUT2D eigenvalue weighted by Gasteiger charge is 2.38. The third-order valence-corrected chi connectivity index (χ3v) is 9.06. The van der Waals surface area contributed by atoms with Crippen molar-refractivity contribution in [2.45, 2.75) is 57.4 Å². The van der Waals surface area contributed by atoms with Crippen LogP contribution in [0.2, 0.25) is 5.02 Å². The summed E-state index contributed by atoms with van der Waals surface area (Å²) in [5.41, 5.74) is 4.98. The number of aromatic nitrogens is 2. The van der Waals surface area contributed by atoms with Crippen LogP contribution >= 0.6 is 11.6 Å². The molecule has 2 unspecified atom stereocenters. The van der Waals surface area contributed by atoms with Crippen molar-refractivity contribution in [3.8, 4) is 16.9 Å². The Hall–Kier alpha value is -4.72. The number of anilines is 1. The molecule has 5 rings (SSSR count). The minimum atomic E-state index is -1.57. The van der Waals surface area contributed by atoms with Gasteiger partial charge in [0.05, 0.1) is 30.3 Å². The SMILES string of the molecule is COc1ccc2c(c1)CCN(C1CCN(C(=O)Cn3cc(-c4cccc(F)c4Cl)c(=O)n([C@@H](C)CCC(N)=O)c3=O)CC1F)C(=O)N2. The van der Waals surface area contributed by atoms with E-state index in [4.69, 9.17) is 22.1 Å². The lowest BCUT2D eigenvalue weighted by Gasteiger charge is -2.40. The minimum Gasteiger partial charge on any atom is -0.497 e. The van der Waals surface area contributed by atoms with Gasteiger partial charge in [0.2, 0.25) is 11.8 Å². The average Bonchev–Trinajstić information content (AvgIpc) is 3.20. The topological polar surface area (TPSA) is 149 Å². The average molecular weight is 673 g/mol. The van der Waals surface area contributed by atoms with Crippen LogP contribution in [0.3, 0.4) is 0 Å². The number of methoxy groups -OCH3 is 1. The molecule has 3 heterocycles. The van der Waals surface area contributed by atoms with Gasteiger partial charge in [-0.25, -0.2) is 18.4 Å². The molecule has 15 heteroatoms. The van der Waals surface area contributed by atoms with Crippen LogP contribution in [0.4, 0.5) is 19.3 Å². The molecular formula is C32H35ClF2N6O6. The Bertz CT molecular complexity index is 1830. The quantitative estimate of drug-likeness (QED) is 0.356. The fraction of sp³-hybridized carbons (Fsp3) is 0.406. The Balaban J connectivity index is 1.36. The molecule has 0 bridgehead atoms. The van der Waals surface area contributed by atoms with Crippen molar-refractivity contribution in [1.82, 2.24) is 18.9 Å². The van der Waals surface area contributed by atoms with Gasteiger partial charge < -0.3 is 25.6 Å². The number of carbonyl (C=O) groups excluding carboxylic acids is 3. The van der Waals surface area contributed by atoms with E-state index >= 15 is 4.39 Å². The van der Waals surface area contributed by atoms with Crippen molar-refractivity contribution in [2.24, 2.45) is 5.73 Å². The number of nitrogens with two attached hydrogens (primary N) is 1. The number of likely N-dealkylation sites (tertiary alicyclic amines) is 1. The number of primary amides is 1. The van der Waals surface area contributed by atoms with Crippen LogP contribution in [-0.2, 0) is 22.6 Å². The van der Waals surface area contributed by atoms with Crippen LogP contribution in [-0.4, -0.2) is 75.7 Å². The molecule has 0 radical (unpaired) electrons. The first kappa shape index (κ1) is 33.6. The number of urea groups is 1. The molecule has 3 aromatic rings. The zero-order chi connectivity index (χ0) is 34.0. The molecule has 2 aromatic carbocycles. The van der Waals surface area contributed by atoms with Crippen LogP contribution < -0.4 is 27.0 Å². The Morgan fingerprint density at radius 3 is 2.62 bits per heavy atom. The Morgan fingerprint density at radius 2 is 1.91 bits per heavy atom. The van der Waals surface area contributed by atoms with Crippen molar-refractivity contribution >= 4 is 35.1 Å². The monoisotopic (exact) mass is 672 g/mol. The van der Waals surface area contributed by atoms with Gasteiger partial charge >= 0.3 is 11.7 Å². The maximum atomic E-state index is 15.7. The number of nitrogens with zero attached hydrogens (tertiary/aromatic N) is 4. The number of ether oxygens (including phenoxy) is 1. The predicted molar refractivity (Wildman–Crippen MR) is 171 cm³/mol. The number of halogens is 3. The van der Waals surface area contributed by atoms with E-state index < -0.39 is 59.7 Å². The Kier molecular flexibility index (Phi) is 9.99. The second-order valence-electron chi connectivity index (χ2n) is 11.7. The summed E-state index contributed by atoms with van der Waals surface area (Å²) in [7, 11) is 1.55. The van der Waals surface area contributed by atoms with E-state index in [0.717, 1.165) is 27.0 Å². The van der Waals surface area contributed by atoms with E-state index in [9.17, 15) is 28.4 Å². The van der Waals surface area contributed by atoms with Gasteiger partial charge in [-0.1, -0.05) is 23.7 Å². The van der Waals surface area contributed by atoms with E-state index in [1.807, 2.05) is 6.07 Å². The molecule has 12 nitrogen and oxygen atoms in total. The molecule has 1 saturated heterocycles. The highest BCUT2D eigenvalue weighted by molar-refractivity contribution is 6.33. The Labute approximate surface area is 273 Å². The number of piperidine rings is 1. The number of fused-ring (bicyclic) bond motifs is 1. The highest BCUT2D eigenvalue weighted by Crippen LogP contribution is 2.30. The summed E-state index contributed by atoms with van der Waals surface area (Å²) in [6.45, 7) is 1.05. The molecule has 2 aliphatic rings. The summed E-state index contributed by atoms with van der Waals surface area (Å²) in [6.07, 6.45) is 0.135. The summed E-state index contributed by atoms with van der Waals surface area (Å²) < 4.78 is 37.2. The fourth-order valence-electron chi connectivity index (χ4n) is 6.09. The number of hydrogen-bond acceptors (Lipinski definition) is 6. The molecule has 3 atom stereocenters. The van der Waals surface area contributed by atoms with E-state index in [1.54, 1.807) is 26.2 Å². The second kappa shape index (κ2) is 14.0. The van der Waals surface area contributed by atoms with Gasteiger partial charge in [0.1, 0.15) is 24.3 Å². The van der Waals surface area contributed by atoms with E-state index in [0.29, 0.717) is 17.9 Å². The summed E-state index contributed by atoms with van der Waals surface area (Å²) in [6, 6.07) is 7.12. The molecule has 1 fully saturated rings. The summed E-state index contributed by atoms with van der Waals surface area (Å²) >= 11 is 6.18. The third-order valence-electron chi connectivity index (χ3n) is 8.68. The van der Waals surface area contributed by atoms with Gasteiger partial charge in [-0.3, -0.25) is 23.5 Å². The van der Waals surface area contributed by atoms with Gasteiger partial charge in [-0.05, 0) is 56.0 Å². The van der Waals surface area contributed by atoms with Gasteiger partial charge in [-0.2, -0.15) is 0 Å². The molecule has 1 aromatic heterocycles. The predicted octanol–water partition coefficient (Wildman–Crippen LogP) is 3.33. The van der Waals surface area contributed by atoms with Crippen molar-refractivity contribution in [3.63, 3.8) is 0 Å². The lowest BCUT2D eigenvalue weighted by molar-refractivity contribution is -0.135. The van der Waals surface area contributed by atoms with Gasteiger partial charge in [0.15, 0.2) is 0 Å². The smallest absolute Gasteiger partial charge is 0.331 e. The maximum Gasteiger partial charge on any atom is 0.331 e. The first-order valence-corrected chi connectivity index (χ1v) is 15.5. The van der Waals surface area contributed by atoms with Gasteiger partial charge in [0, 0.05) is 43.0 Å². The number of nitrogens with one attached hydrogen (secondary N) is 1. The van der Waals surface area contributed by atoms with Crippen LogP contribution in [0.15, 0.2) is 52.2 Å². The molecule has 4 amide bonds. The molecule has 47 heavy (non-hydrogen) atoms. The maximum absolute atomic E-state index is 15.7.